The fourth-order valence-electron chi connectivity index (χ4n) is 2.82. The molecule has 0 saturated heterocycles. The van der Waals surface area contributed by atoms with Crippen molar-refractivity contribution in [2.24, 2.45) is 23.2 Å². The van der Waals surface area contributed by atoms with Gasteiger partial charge in [0.25, 0.3) is 0 Å². The van der Waals surface area contributed by atoms with E-state index in [0.29, 0.717) is 0 Å². The maximum atomic E-state index is 2.46. The van der Waals surface area contributed by atoms with E-state index in [4.69, 9.17) is 0 Å². The van der Waals surface area contributed by atoms with Gasteiger partial charge in [0.05, 0.1) is 0 Å². The van der Waals surface area contributed by atoms with Gasteiger partial charge in [0.15, 0.2) is 0 Å². The lowest BCUT2D eigenvalue weighted by Crippen LogP contribution is -2.03. The third-order valence-electron chi connectivity index (χ3n) is 3.88. The Hall–Kier alpha value is 0. The van der Waals surface area contributed by atoms with Crippen LogP contribution in [0.25, 0.3) is 0 Å². The van der Waals surface area contributed by atoms with Crippen molar-refractivity contribution in [3.63, 3.8) is 0 Å². The van der Waals surface area contributed by atoms with E-state index in [1.807, 2.05) is 0 Å². The summed E-state index contributed by atoms with van der Waals surface area (Å²) in [5.41, 5.74) is 0.791. The third kappa shape index (κ3) is 0.544. The number of hydrogen-bond donors (Lipinski definition) is 0. The Morgan fingerprint density at radius 2 is 2.00 bits per heavy atom. The molecule has 2 aliphatic rings. The van der Waals surface area contributed by atoms with Gasteiger partial charge in [-0.1, -0.05) is 20.8 Å². The zero-order valence-electron chi connectivity index (χ0n) is 6.65. The third-order valence-corrected chi connectivity index (χ3v) is 3.88. The molecule has 0 aromatic rings. The van der Waals surface area contributed by atoms with Crippen LogP contribution in [0, 0.1) is 23.2 Å². The Morgan fingerprint density at radius 1 is 1.33 bits per heavy atom. The molecular formula is C9H16. The largest absolute Gasteiger partial charge is 0.0622 e. The summed E-state index contributed by atoms with van der Waals surface area (Å²) in [6, 6.07) is 0. The molecule has 0 heterocycles. The molecule has 2 aliphatic carbocycles. The van der Waals surface area contributed by atoms with Gasteiger partial charge in [-0.2, -0.15) is 0 Å². The summed E-state index contributed by atoms with van der Waals surface area (Å²) in [6.45, 7) is 7.30. The second-order valence-corrected chi connectivity index (χ2v) is 4.43. The first-order valence-corrected chi connectivity index (χ1v) is 4.14. The minimum Gasteiger partial charge on any atom is -0.0622 e. The van der Waals surface area contributed by atoms with Crippen LogP contribution in [0.4, 0.5) is 0 Å². The predicted molar refractivity (Wildman–Crippen MR) is 39.2 cm³/mol. The van der Waals surface area contributed by atoms with Crippen molar-refractivity contribution in [3.05, 3.63) is 0 Å². The van der Waals surface area contributed by atoms with Gasteiger partial charge in [-0.05, 0) is 36.0 Å². The molecule has 4 atom stereocenters. The van der Waals surface area contributed by atoms with E-state index in [2.05, 4.69) is 20.8 Å². The summed E-state index contributed by atoms with van der Waals surface area (Å²) >= 11 is 0. The summed E-state index contributed by atoms with van der Waals surface area (Å²) in [5.74, 6) is 3.15. The number of rotatable bonds is 0. The second-order valence-electron chi connectivity index (χ2n) is 4.43. The molecule has 2 saturated carbocycles. The van der Waals surface area contributed by atoms with Crippen LogP contribution in [-0.2, 0) is 0 Å². The Balaban J connectivity index is 2.19. The van der Waals surface area contributed by atoms with Gasteiger partial charge in [0.1, 0.15) is 0 Å². The first-order chi connectivity index (χ1) is 4.14. The molecule has 0 bridgehead atoms. The normalized spacial score (nSPS) is 63.7. The highest BCUT2D eigenvalue weighted by molar-refractivity contribution is 5.09. The van der Waals surface area contributed by atoms with Gasteiger partial charge in [0.2, 0.25) is 0 Å². The predicted octanol–water partition coefficient (Wildman–Crippen LogP) is 2.69. The van der Waals surface area contributed by atoms with E-state index < -0.39 is 0 Å². The van der Waals surface area contributed by atoms with Gasteiger partial charge >= 0.3 is 0 Å². The standard InChI is InChI=1S/C9H16/c1-6-4-7(2)9(3)5-8(6)9/h6-8H,4-5H2,1-3H3. The zero-order chi connectivity index (χ0) is 6.65. The molecule has 0 N–H and O–H groups in total. The van der Waals surface area contributed by atoms with Crippen LogP contribution in [0.15, 0.2) is 0 Å². The van der Waals surface area contributed by atoms with Crippen molar-refractivity contribution in [3.8, 4) is 0 Å². The van der Waals surface area contributed by atoms with Crippen molar-refractivity contribution in [1.82, 2.24) is 0 Å². The molecule has 0 radical (unpaired) electrons. The van der Waals surface area contributed by atoms with Gasteiger partial charge in [-0.25, -0.2) is 0 Å². The van der Waals surface area contributed by atoms with Crippen LogP contribution in [0.1, 0.15) is 33.6 Å². The van der Waals surface area contributed by atoms with Crippen molar-refractivity contribution < 1.29 is 0 Å². The van der Waals surface area contributed by atoms with Crippen molar-refractivity contribution >= 4 is 0 Å². The van der Waals surface area contributed by atoms with Gasteiger partial charge in [0, 0.05) is 0 Å². The lowest BCUT2D eigenvalue weighted by Gasteiger charge is -2.11. The van der Waals surface area contributed by atoms with E-state index in [9.17, 15) is 0 Å². The maximum absolute atomic E-state index is 2.46. The molecule has 2 fully saturated rings. The number of fused-ring (bicyclic) bond motifs is 1. The van der Waals surface area contributed by atoms with Crippen LogP contribution in [0.3, 0.4) is 0 Å². The molecule has 0 aromatic heterocycles. The van der Waals surface area contributed by atoms with Gasteiger partial charge in [-0.15, -0.1) is 0 Å². The minimum atomic E-state index is 0.791. The van der Waals surface area contributed by atoms with Crippen LogP contribution in [0.2, 0.25) is 0 Å². The summed E-state index contributed by atoms with van der Waals surface area (Å²) in [4.78, 5) is 0. The average molecular weight is 124 g/mol. The lowest BCUT2D eigenvalue weighted by atomic mass is 9.94. The van der Waals surface area contributed by atoms with Gasteiger partial charge in [-0.3, -0.25) is 0 Å². The highest BCUT2D eigenvalue weighted by atomic mass is 14.6. The molecule has 9 heavy (non-hydrogen) atoms. The molecule has 4 unspecified atom stereocenters. The van der Waals surface area contributed by atoms with Gasteiger partial charge < -0.3 is 0 Å². The molecule has 0 aromatic carbocycles. The second kappa shape index (κ2) is 1.36. The summed E-state index contributed by atoms with van der Waals surface area (Å²) in [5, 5.41) is 0. The molecule has 0 aliphatic heterocycles. The molecule has 0 spiro atoms. The highest BCUT2D eigenvalue weighted by Crippen LogP contribution is 2.68. The maximum Gasteiger partial charge on any atom is -0.0266 e. The Labute approximate surface area is 57.6 Å². The highest BCUT2D eigenvalue weighted by Gasteiger charge is 2.60. The molecule has 52 valence electrons. The topological polar surface area (TPSA) is 0 Å². The van der Waals surface area contributed by atoms with E-state index in [0.717, 1.165) is 23.2 Å². The van der Waals surface area contributed by atoms with Crippen LogP contribution in [0.5, 0.6) is 0 Å². The SMILES string of the molecule is CC1CC(C)C2(C)CC12. The monoisotopic (exact) mass is 124 g/mol. The average Bonchev–Trinajstić information content (AvgIpc) is 2.38. The van der Waals surface area contributed by atoms with Crippen LogP contribution >= 0.6 is 0 Å². The molecule has 2 rings (SSSR count). The minimum absolute atomic E-state index is 0.791. The summed E-state index contributed by atoms with van der Waals surface area (Å²) in [6.07, 6.45) is 3.01. The quantitative estimate of drug-likeness (QED) is 0.465. The first kappa shape index (κ1) is 5.76. The van der Waals surface area contributed by atoms with Crippen LogP contribution in [-0.4, -0.2) is 0 Å². The molecule has 0 amide bonds. The Morgan fingerprint density at radius 3 is 2.11 bits per heavy atom. The Bertz CT molecular complexity index is 135. The van der Waals surface area contributed by atoms with E-state index in [-0.39, 0.29) is 0 Å². The number of hydrogen-bond acceptors (Lipinski definition) is 0. The molecule has 0 nitrogen and oxygen atoms in total. The van der Waals surface area contributed by atoms with Crippen molar-refractivity contribution in [2.75, 3.05) is 0 Å². The van der Waals surface area contributed by atoms with E-state index >= 15 is 0 Å². The van der Waals surface area contributed by atoms with Crippen molar-refractivity contribution in [1.29, 1.82) is 0 Å². The fourth-order valence-corrected chi connectivity index (χ4v) is 2.82. The smallest absolute Gasteiger partial charge is 0.0266 e. The summed E-state index contributed by atoms with van der Waals surface area (Å²) < 4.78 is 0. The Kier molecular flexibility index (Phi) is 0.868. The zero-order valence-corrected chi connectivity index (χ0v) is 6.65. The molecular weight excluding hydrogens is 108 g/mol. The van der Waals surface area contributed by atoms with E-state index in [1.54, 1.807) is 0 Å². The lowest BCUT2D eigenvalue weighted by molar-refractivity contribution is 0.383. The van der Waals surface area contributed by atoms with Crippen molar-refractivity contribution in [2.45, 2.75) is 33.6 Å². The van der Waals surface area contributed by atoms with Crippen LogP contribution < -0.4 is 0 Å². The fraction of sp³-hybridized carbons (Fsp3) is 1.00. The summed E-state index contributed by atoms with van der Waals surface area (Å²) in [7, 11) is 0. The molecule has 0 heteroatoms. The van der Waals surface area contributed by atoms with E-state index in [1.165, 1.54) is 12.8 Å². The first-order valence-electron chi connectivity index (χ1n) is 4.14.